The summed E-state index contributed by atoms with van der Waals surface area (Å²) in [5, 5.41) is 12.8. The van der Waals surface area contributed by atoms with Crippen molar-refractivity contribution >= 4 is 5.82 Å². The van der Waals surface area contributed by atoms with E-state index in [1.807, 2.05) is 6.07 Å². The lowest BCUT2D eigenvalue weighted by Crippen LogP contribution is -2.07. The quantitative estimate of drug-likeness (QED) is 0.855. The lowest BCUT2D eigenvalue weighted by atomic mass is 10.2. The van der Waals surface area contributed by atoms with Gasteiger partial charge in [0.15, 0.2) is 5.69 Å². The highest BCUT2D eigenvalue weighted by Gasteiger charge is 2.12. The molecule has 0 fully saturated rings. The standard InChI is InChI=1S/C12H11FN4/c1-8-11(6-14)16-17(12(8)15)7-9-4-2-3-5-10(9)13/h2-5H,7,15H2,1H3. The van der Waals surface area contributed by atoms with Crippen molar-refractivity contribution in [3.05, 3.63) is 46.9 Å². The third-order valence-electron chi connectivity index (χ3n) is 2.62. The molecule has 0 aliphatic carbocycles. The van der Waals surface area contributed by atoms with Gasteiger partial charge in [0.2, 0.25) is 0 Å². The molecule has 1 heterocycles. The van der Waals surface area contributed by atoms with Crippen LogP contribution in [0.2, 0.25) is 0 Å². The van der Waals surface area contributed by atoms with Gasteiger partial charge in [0.1, 0.15) is 17.7 Å². The van der Waals surface area contributed by atoms with Gasteiger partial charge in [0.25, 0.3) is 0 Å². The zero-order valence-corrected chi connectivity index (χ0v) is 9.31. The average Bonchev–Trinajstić information content (AvgIpc) is 2.60. The third kappa shape index (κ3) is 1.97. The molecule has 2 rings (SSSR count). The van der Waals surface area contributed by atoms with Crippen LogP contribution in [0.15, 0.2) is 24.3 Å². The van der Waals surface area contributed by atoms with E-state index in [4.69, 9.17) is 11.0 Å². The van der Waals surface area contributed by atoms with Gasteiger partial charge in [0, 0.05) is 11.1 Å². The van der Waals surface area contributed by atoms with Gasteiger partial charge < -0.3 is 5.73 Å². The van der Waals surface area contributed by atoms with Crippen LogP contribution >= 0.6 is 0 Å². The summed E-state index contributed by atoms with van der Waals surface area (Å²) in [7, 11) is 0. The Balaban J connectivity index is 2.38. The van der Waals surface area contributed by atoms with E-state index >= 15 is 0 Å². The predicted octanol–water partition coefficient (Wildman–Crippen LogP) is 1.83. The van der Waals surface area contributed by atoms with Crippen molar-refractivity contribution in [1.29, 1.82) is 5.26 Å². The average molecular weight is 230 g/mol. The second-order valence-corrected chi connectivity index (χ2v) is 3.72. The van der Waals surface area contributed by atoms with Crippen LogP contribution in [-0.2, 0) is 6.54 Å². The lowest BCUT2D eigenvalue weighted by molar-refractivity contribution is 0.587. The normalized spacial score (nSPS) is 10.2. The Kier molecular flexibility index (Phi) is 2.79. The molecule has 2 N–H and O–H groups in total. The number of nitrogen functional groups attached to an aromatic ring is 1. The Morgan fingerprint density at radius 1 is 1.47 bits per heavy atom. The maximum Gasteiger partial charge on any atom is 0.167 e. The zero-order chi connectivity index (χ0) is 12.4. The summed E-state index contributed by atoms with van der Waals surface area (Å²) in [5.41, 5.74) is 7.20. The first-order chi connectivity index (χ1) is 8.13. The van der Waals surface area contributed by atoms with E-state index in [-0.39, 0.29) is 18.1 Å². The highest BCUT2D eigenvalue weighted by Crippen LogP contribution is 2.17. The Labute approximate surface area is 98.1 Å². The first kappa shape index (κ1) is 11.1. The van der Waals surface area contributed by atoms with Crippen molar-refractivity contribution in [1.82, 2.24) is 9.78 Å². The molecule has 1 aromatic heterocycles. The largest absolute Gasteiger partial charge is 0.384 e. The number of hydrogen-bond acceptors (Lipinski definition) is 3. The maximum atomic E-state index is 13.4. The molecule has 2 aromatic rings. The van der Waals surface area contributed by atoms with E-state index in [0.717, 1.165) is 0 Å². The van der Waals surface area contributed by atoms with Gasteiger partial charge in [-0.05, 0) is 13.0 Å². The van der Waals surface area contributed by atoms with Gasteiger partial charge in [-0.3, -0.25) is 0 Å². The van der Waals surface area contributed by atoms with Crippen molar-refractivity contribution in [2.75, 3.05) is 5.73 Å². The Morgan fingerprint density at radius 2 is 2.18 bits per heavy atom. The van der Waals surface area contributed by atoms with E-state index in [9.17, 15) is 4.39 Å². The van der Waals surface area contributed by atoms with Crippen LogP contribution in [0.1, 0.15) is 16.8 Å². The van der Waals surface area contributed by atoms with Crippen molar-refractivity contribution < 1.29 is 4.39 Å². The van der Waals surface area contributed by atoms with Crippen molar-refractivity contribution in [2.24, 2.45) is 0 Å². The molecule has 0 atom stereocenters. The Bertz CT molecular complexity index is 595. The molecular weight excluding hydrogens is 219 g/mol. The smallest absolute Gasteiger partial charge is 0.167 e. The van der Waals surface area contributed by atoms with Crippen LogP contribution in [0.25, 0.3) is 0 Å². The van der Waals surface area contributed by atoms with Crippen molar-refractivity contribution in [2.45, 2.75) is 13.5 Å². The lowest BCUT2D eigenvalue weighted by Gasteiger charge is -2.05. The number of benzene rings is 1. The molecule has 0 saturated carbocycles. The molecule has 17 heavy (non-hydrogen) atoms. The molecule has 0 amide bonds. The molecule has 86 valence electrons. The second-order valence-electron chi connectivity index (χ2n) is 3.72. The number of nitriles is 1. The molecule has 4 nitrogen and oxygen atoms in total. The minimum atomic E-state index is -0.307. The molecular formula is C12H11FN4. The van der Waals surface area contributed by atoms with E-state index in [2.05, 4.69) is 5.10 Å². The molecule has 0 aliphatic heterocycles. The zero-order valence-electron chi connectivity index (χ0n) is 9.31. The highest BCUT2D eigenvalue weighted by molar-refractivity contribution is 5.47. The minimum absolute atomic E-state index is 0.223. The highest BCUT2D eigenvalue weighted by atomic mass is 19.1. The summed E-state index contributed by atoms with van der Waals surface area (Å²) in [4.78, 5) is 0. The fourth-order valence-electron chi connectivity index (χ4n) is 1.58. The van der Waals surface area contributed by atoms with Crippen LogP contribution in [0.5, 0.6) is 0 Å². The predicted molar refractivity (Wildman–Crippen MR) is 61.6 cm³/mol. The molecule has 0 radical (unpaired) electrons. The summed E-state index contributed by atoms with van der Waals surface area (Å²) in [6.07, 6.45) is 0. The molecule has 0 saturated heterocycles. The third-order valence-corrected chi connectivity index (χ3v) is 2.62. The van der Waals surface area contributed by atoms with Gasteiger partial charge in [-0.25, -0.2) is 9.07 Å². The molecule has 0 aliphatic rings. The maximum absolute atomic E-state index is 13.4. The van der Waals surface area contributed by atoms with Gasteiger partial charge in [-0.1, -0.05) is 18.2 Å². The van der Waals surface area contributed by atoms with Crippen LogP contribution < -0.4 is 5.73 Å². The van der Waals surface area contributed by atoms with Gasteiger partial charge >= 0.3 is 0 Å². The van der Waals surface area contributed by atoms with Crippen LogP contribution in [0.4, 0.5) is 10.2 Å². The number of aromatic nitrogens is 2. The minimum Gasteiger partial charge on any atom is -0.384 e. The number of hydrogen-bond donors (Lipinski definition) is 1. The topological polar surface area (TPSA) is 67.6 Å². The molecule has 0 unspecified atom stereocenters. The number of anilines is 1. The van der Waals surface area contributed by atoms with Crippen LogP contribution in [0.3, 0.4) is 0 Å². The first-order valence-corrected chi connectivity index (χ1v) is 5.10. The number of halogens is 1. The van der Waals surface area contributed by atoms with Gasteiger partial charge in [-0.15, -0.1) is 0 Å². The number of rotatable bonds is 2. The summed E-state index contributed by atoms with van der Waals surface area (Å²) < 4.78 is 14.9. The molecule has 0 bridgehead atoms. The van der Waals surface area contributed by atoms with Crippen LogP contribution in [-0.4, -0.2) is 9.78 Å². The summed E-state index contributed by atoms with van der Waals surface area (Å²) in [6.45, 7) is 1.94. The monoisotopic (exact) mass is 230 g/mol. The summed E-state index contributed by atoms with van der Waals surface area (Å²) in [6, 6.07) is 8.37. The fourth-order valence-corrected chi connectivity index (χ4v) is 1.58. The summed E-state index contributed by atoms with van der Waals surface area (Å²) >= 11 is 0. The first-order valence-electron chi connectivity index (χ1n) is 5.10. The molecule has 1 aromatic carbocycles. The van der Waals surface area contributed by atoms with E-state index in [1.165, 1.54) is 10.7 Å². The van der Waals surface area contributed by atoms with Crippen molar-refractivity contribution in [3.63, 3.8) is 0 Å². The fraction of sp³-hybridized carbons (Fsp3) is 0.167. The number of nitrogens with zero attached hydrogens (tertiary/aromatic N) is 3. The van der Waals surface area contributed by atoms with Crippen molar-refractivity contribution in [3.8, 4) is 6.07 Å². The Hall–Kier alpha value is -2.35. The molecule has 5 heteroatoms. The SMILES string of the molecule is Cc1c(C#N)nn(Cc2ccccc2F)c1N. The second kappa shape index (κ2) is 4.26. The van der Waals surface area contributed by atoms with Gasteiger partial charge in [-0.2, -0.15) is 10.4 Å². The van der Waals surface area contributed by atoms with Gasteiger partial charge in [0.05, 0.1) is 6.54 Å². The van der Waals surface area contributed by atoms with E-state index in [1.54, 1.807) is 25.1 Å². The Morgan fingerprint density at radius 3 is 2.76 bits per heavy atom. The summed E-state index contributed by atoms with van der Waals surface area (Å²) in [5.74, 6) is 0.0864. The van der Waals surface area contributed by atoms with E-state index < -0.39 is 0 Å². The van der Waals surface area contributed by atoms with E-state index in [0.29, 0.717) is 16.9 Å². The van der Waals surface area contributed by atoms with Crippen LogP contribution in [0, 0.1) is 24.1 Å². The molecule has 0 spiro atoms. The number of nitrogens with two attached hydrogens (primary N) is 1.